The van der Waals surface area contributed by atoms with Crippen LogP contribution in [0.3, 0.4) is 0 Å². The first-order valence-electron chi connectivity index (χ1n) is 9.45. The molecule has 5 rings (SSSR count). The molecule has 0 spiro atoms. The van der Waals surface area contributed by atoms with E-state index in [1.807, 2.05) is 54.6 Å². The van der Waals surface area contributed by atoms with E-state index >= 15 is 0 Å². The van der Waals surface area contributed by atoms with Crippen molar-refractivity contribution in [1.82, 2.24) is 9.55 Å². The number of ether oxygens (including phenoxy) is 2. The van der Waals surface area contributed by atoms with Crippen molar-refractivity contribution in [2.45, 2.75) is 9.79 Å². The molecule has 6 nitrogen and oxygen atoms in total. The Morgan fingerprint density at radius 2 is 1.61 bits per heavy atom. The SMILES string of the molecule is COc1ccc(Oc2nc3n(c(=O)c2C#N)-c2ccccc2Sc2ccccc2-3)cc1. The number of benzene rings is 3. The monoisotopic (exact) mass is 425 g/mol. The van der Waals surface area contributed by atoms with E-state index in [0.29, 0.717) is 23.0 Å². The highest BCUT2D eigenvalue weighted by molar-refractivity contribution is 7.99. The van der Waals surface area contributed by atoms with Gasteiger partial charge >= 0.3 is 0 Å². The molecule has 0 amide bonds. The highest BCUT2D eigenvalue weighted by Gasteiger charge is 2.26. The second-order valence-corrected chi connectivity index (χ2v) is 7.80. The molecular formula is C24H15N3O3S. The molecule has 0 bridgehead atoms. The Hall–Kier alpha value is -4.02. The van der Waals surface area contributed by atoms with Crippen molar-refractivity contribution in [3.63, 3.8) is 0 Å². The zero-order chi connectivity index (χ0) is 21.4. The molecule has 0 aliphatic carbocycles. The van der Waals surface area contributed by atoms with Crippen molar-refractivity contribution in [3.8, 4) is 40.5 Å². The van der Waals surface area contributed by atoms with E-state index in [-0.39, 0.29) is 11.4 Å². The Balaban J connectivity index is 1.77. The first-order chi connectivity index (χ1) is 15.2. The first kappa shape index (κ1) is 19.0. The predicted molar refractivity (Wildman–Crippen MR) is 117 cm³/mol. The lowest BCUT2D eigenvalue weighted by molar-refractivity contribution is 0.412. The van der Waals surface area contributed by atoms with Gasteiger partial charge in [-0.2, -0.15) is 10.2 Å². The lowest BCUT2D eigenvalue weighted by atomic mass is 10.2. The fourth-order valence-corrected chi connectivity index (χ4v) is 4.48. The molecule has 1 aliphatic rings. The largest absolute Gasteiger partial charge is 0.497 e. The summed E-state index contributed by atoms with van der Waals surface area (Å²) in [5.74, 6) is 1.53. The summed E-state index contributed by atoms with van der Waals surface area (Å²) in [6, 6.07) is 24.2. The van der Waals surface area contributed by atoms with Crippen LogP contribution in [0.2, 0.25) is 0 Å². The highest BCUT2D eigenvalue weighted by atomic mass is 32.2. The van der Waals surface area contributed by atoms with Crippen LogP contribution >= 0.6 is 11.8 Å². The Kier molecular flexibility index (Phi) is 4.69. The lowest BCUT2D eigenvalue weighted by Gasteiger charge is -2.15. The molecule has 0 atom stereocenters. The number of rotatable bonds is 3. The summed E-state index contributed by atoms with van der Waals surface area (Å²) in [5, 5.41) is 9.77. The van der Waals surface area contributed by atoms with E-state index in [1.54, 1.807) is 43.1 Å². The summed E-state index contributed by atoms with van der Waals surface area (Å²) in [5.41, 5.74) is 0.855. The van der Waals surface area contributed by atoms with Crippen molar-refractivity contribution in [1.29, 1.82) is 5.26 Å². The maximum atomic E-state index is 13.5. The van der Waals surface area contributed by atoms with Crippen LogP contribution in [0.25, 0.3) is 17.1 Å². The van der Waals surface area contributed by atoms with E-state index < -0.39 is 5.56 Å². The van der Waals surface area contributed by atoms with Crippen LogP contribution in [0.15, 0.2) is 87.4 Å². The average molecular weight is 425 g/mol. The number of hydrogen-bond acceptors (Lipinski definition) is 6. The third kappa shape index (κ3) is 3.23. The number of nitriles is 1. The zero-order valence-corrected chi connectivity index (χ0v) is 17.2. The molecule has 0 fully saturated rings. The van der Waals surface area contributed by atoms with Crippen molar-refractivity contribution in [2.24, 2.45) is 0 Å². The molecule has 150 valence electrons. The predicted octanol–water partition coefficient (Wildman–Crippen LogP) is 5.04. The molecule has 4 aromatic rings. The fourth-order valence-electron chi connectivity index (χ4n) is 3.42. The van der Waals surface area contributed by atoms with Gasteiger partial charge in [-0.15, -0.1) is 0 Å². The van der Waals surface area contributed by atoms with Crippen LogP contribution in [0, 0.1) is 11.3 Å². The highest BCUT2D eigenvalue weighted by Crippen LogP contribution is 2.42. The van der Waals surface area contributed by atoms with Crippen molar-refractivity contribution >= 4 is 11.8 Å². The van der Waals surface area contributed by atoms with Crippen LogP contribution in [-0.2, 0) is 0 Å². The molecule has 3 aromatic carbocycles. The van der Waals surface area contributed by atoms with Crippen LogP contribution in [0.1, 0.15) is 5.56 Å². The summed E-state index contributed by atoms with van der Waals surface area (Å²) in [6.07, 6.45) is 0. The number of aromatic nitrogens is 2. The van der Waals surface area contributed by atoms with Gasteiger partial charge in [0.05, 0.1) is 12.8 Å². The van der Waals surface area contributed by atoms with Gasteiger partial charge in [0, 0.05) is 15.4 Å². The molecule has 0 saturated carbocycles. The average Bonchev–Trinajstić information content (AvgIpc) is 2.94. The minimum atomic E-state index is -0.472. The third-order valence-electron chi connectivity index (χ3n) is 4.89. The van der Waals surface area contributed by atoms with Crippen LogP contribution in [0.5, 0.6) is 17.4 Å². The first-order valence-corrected chi connectivity index (χ1v) is 10.3. The minimum absolute atomic E-state index is 0.0249. The number of fused-ring (bicyclic) bond motifs is 5. The Morgan fingerprint density at radius 3 is 2.35 bits per heavy atom. The molecular weight excluding hydrogens is 410 g/mol. The van der Waals surface area contributed by atoms with Gasteiger partial charge in [0.2, 0.25) is 5.88 Å². The summed E-state index contributed by atoms with van der Waals surface area (Å²) in [7, 11) is 1.58. The topological polar surface area (TPSA) is 77.1 Å². The van der Waals surface area contributed by atoms with Gasteiger partial charge in [-0.1, -0.05) is 42.1 Å². The maximum absolute atomic E-state index is 13.5. The van der Waals surface area contributed by atoms with Gasteiger partial charge in [0.25, 0.3) is 5.56 Å². The lowest BCUT2D eigenvalue weighted by Crippen LogP contribution is -2.25. The molecule has 1 aliphatic heterocycles. The van der Waals surface area contributed by atoms with Crippen LogP contribution < -0.4 is 15.0 Å². The van der Waals surface area contributed by atoms with E-state index in [9.17, 15) is 10.1 Å². The van der Waals surface area contributed by atoms with Crippen LogP contribution in [0.4, 0.5) is 0 Å². The third-order valence-corrected chi connectivity index (χ3v) is 6.03. The number of hydrogen-bond donors (Lipinski definition) is 0. The molecule has 0 saturated heterocycles. The minimum Gasteiger partial charge on any atom is -0.497 e. The second-order valence-electron chi connectivity index (χ2n) is 6.71. The van der Waals surface area contributed by atoms with Crippen molar-refractivity contribution < 1.29 is 9.47 Å². The molecule has 31 heavy (non-hydrogen) atoms. The van der Waals surface area contributed by atoms with E-state index in [2.05, 4.69) is 4.98 Å². The Labute approximate surface area is 182 Å². The quantitative estimate of drug-likeness (QED) is 0.403. The molecule has 0 unspecified atom stereocenters. The van der Waals surface area contributed by atoms with Crippen molar-refractivity contribution in [3.05, 3.63) is 88.7 Å². The second kappa shape index (κ2) is 7.67. The Bertz CT molecular complexity index is 1410. The standard InChI is InChI=1S/C24H15N3O3S/c1-29-15-10-12-16(13-11-15)30-23-18(14-25)24(28)27-19-7-3-5-9-21(19)31-20-8-4-2-6-17(20)22(27)26-23/h2-13H,1H3. The van der Waals surface area contributed by atoms with Gasteiger partial charge < -0.3 is 9.47 Å². The summed E-state index contributed by atoms with van der Waals surface area (Å²) >= 11 is 1.56. The zero-order valence-electron chi connectivity index (χ0n) is 16.4. The molecule has 1 aromatic heterocycles. The van der Waals surface area contributed by atoms with E-state index in [4.69, 9.17) is 9.47 Å². The smallest absolute Gasteiger partial charge is 0.280 e. The van der Waals surface area contributed by atoms with Gasteiger partial charge in [-0.05, 0) is 42.5 Å². The van der Waals surface area contributed by atoms with Gasteiger partial charge in [0.1, 0.15) is 17.6 Å². The molecule has 7 heteroatoms. The summed E-state index contributed by atoms with van der Waals surface area (Å²) < 4.78 is 12.5. The van der Waals surface area contributed by atoms with Crippen LogP contribution in [-0.4, -0.2) is 16.7 Å². The maximum Gasteiger partial charge on any atom is 0.280 e. The summed E-state index contributed by atoms with van der Waals surface area (Å²) in [4.78, 5) is 20.0. The molecule has 2 heterocycles. The van der Waals surface area contributed by atoms with Gasteiger partial charge in [-0.25, -0.2) is 0 Å². The molecule has 0 radical (unpaired) electrons. The number of para-hydroxylation sites is 1. The fraction of sp³-hybridized carbons (Fsp3) is 0.0417. The normalized spacial score (nSPS) is 11.4. The number of nitrogens with zero attached hydrogens (tertiary/aromatic N) is 3. The number of methoxy groups -OCH3 is 1. The summed E-state index contributed by atoms with van der Waals surface area (Å²) in [6.45, 7) is 0. The van der Waals surface area contributed by atoms with Gasteiger partial charge in [-0.3, -0.25) is 9.36 Å². The van der Waals surface area contributed by atoms with E-state index in [0.717, 1.165) is 15.4 Å². The van der Waals surface area contributed by atoms with E-state index in [1.165, 1.54) is 4.57 Å². The van der Waals surface area contributed by atoms with Gasteiger partial charge in [0.15, 0.2) is 11.4 Å². The van der Waals surface area contributed by atoms with Crippen molar-refractivity contribution in [2.75, 3.05) is 7.11 Å². The Morgan fingerprint density at radius 1 is 0.935 bits per heavy atom. The molecule has 0 N–H and O–H groups in total.